The third-order valence-electron chi connectivity index (χ3n) is 3.58. The maximum Gasteiger partial charge on any atom is 0.307 e. The highest BCUT2D eigenvalue weighted by atomic mass is 32.2. The minimum Gasteiger partial charge on any atom is -0.497 e. The highest BCUT2D eigenvalue weighted by Gasteiger charge is 2.20. The third kappa shape index (κ3) is 4.64. The molecule has 2 aromatic rings. The molecule has 0 bridgehead atoms. The fraction of sp³-hybridized carbons (Fsp3) is 0.333. The lowest BCUT2D eigenvalue weighted by molar-refractivity contribution is -0.140. The van der Waals surface area contributed by atoms with Gasteiger partial charge in [0.1, 0.15) is 12.9 Å². The molecule has 0 aliphatic rings. The van der Waals surface area contributed by atoms with E-state index in [1.165, 1.54) is 14.2 Å². The fourth-order valence-electron chi connectivity index (χ4n) is 2.28. The lowest BCUT2D eigenvalue weighted by Crippen LogP contribution is -2.19. The van der Waals surface area contributed by atoms with Crippen LogP contribution in [0.15, 0.2) is 46.4 Å². The van der Waals surface area contributed by atoms with Crippen molar-refractivity contribution in [3.63, 3.8) is 0 Å². The van der Waals surface area contributed by atoms with Gasteiger partial charge in [-0.05, 0) is 42.0 Å². The van der Waals surface area contributed by atoms with Gasteiger partial charge in [-0.2, -0.15) is 0 Å². The Morgan fingerprint density at radius 1 is 1.12 bits per heavy atom. The van der Waals surface area contributed by atoms with Gasteiger partial charge in [-0.25, -0.2) is 0 Å². The summed E-state index contributed by atoms with van der Waals surface area (Å²) in [6.07, 6.45) is 0.237. The summed E-state index contributed by atoms with van der Waals surface area (Å²) < 4.78 is 10.0. The second-order valence-electron chi connectivity index (χ2n) is 5.18. The molecule has 2 rings (SSSR count). The first-order chi connectivity index (χ1) is 11.6. The molecule has 0 aliphatic heterocycles. The standard InChI is InChI=1S/C18H21NO4S/c1-12(19-23-4)17(11-18(20)22-3)24-16-8-6-13-9-15(21-2)7-5-14(13)10-16/h5-10,17H,11H2,1-4H3/b19-12+. The molecule has 0 fully saturated rings. The Labute approximate surface area is 146 Å². The summed E-state index contributed by atoms with van der Waals surface area (Å²) in [4.78, 5) is 17.5. The molecule has 5 nitrogen and oxygen atoms in total. The predicted molar refractivity (Wildman–Crippen MR) is 96.9 cm³/mol. The average Bonchev–Trinajstić information content (AvgIpc) is 2.60. The molecule has 0 saturated heterocycles. The Hall–Kier alpha value is -2.21. The number of nitrogens with zero attached hydrogens (tertiary/aromatic N) is 1. The van der Waals surface area contributed by atoms with Gasteiger partial charge in [0.25, 0.3) is 0 Å². The number of rotatable bonds is 7. The van der Waals surface area contributed by atoms with E-state index in [1.54, 1.807) is 18.9 Å². The van der Waals surface area contributed by atoms with Crippen molar-refractivity contribution in [1.82, 2.24) is 0 Å². The second kappa shape index (κ2) is 8.59. The van der Waals surface area contributed by atoms with Crippen molar-refractivity contribution in [2.24, 2.45) is 5.16 Å². The highest BCUT2D eigenvalue weighted by Crippen LogP contribution is 2.31. The van der Waals surface area contributed by atoms with Crippen molar-refractivity contribution in [3.8, 4) is 5.75 Å². The number of esters is 1. The molecular formula is C18H21NO4S. The van der Waals surface area contributed by atoms with E-state index in [9.17, 15) is 4.79 Å². The van der Waals surface area contributed by atoms with Crippen LogP contribution in [0.1, 0.15) is 13.3 Å². The molecule has 2 aromatic carbocycles. The zero-order chi connectivity index (χ0) is 17.5. The molecule has 0 aromatic heterocycles. The zero-order valence-corrected chi connectivity index (χ0v) is 15.1. The van der Waals surface area contributed by atoms with Crippen molar-refractivity contribution >= 4 is 34.2 Å². The van der Waals surface area contributed by atoms with Crippen molar-refractivity contribution in [2.45, 2.75) is 23.5 Å². The Bertz CT molecular complexity index is 745. The van der Waals surface area contributed by atoms with Gasteiger partial charge in [-0.3, -0.25) is 4.79 Å². The number of hydrogen-bond donors (Lipinski definition) is 0. The summed E-state index contributed by atoms with van der Waals surface area (Å²) in [7, 11) is 4.53. The molecule has 0 N–H and O–H groups in total. The predicted octanol–water partition coefficient (Wildman–Crippen LogP) is 3.89. The van der Waals surface area contributed by atoms with Gasteiger partial charge in [0.15, 0.2) is 0 Å². The second-order valence-corrected chi connectivity index (χ2v) is 6.45. The quantitative estimate of drug-likeness (QED) is 0.329. The van der Waals surface area contributed by atoms with Gasteiger partial charge in [-0.15, -0.1) is 11.8 Å². The molecule has 0 aliphatic carbocycles. The van der Waals surface area contributed by atoms with Crippen LogP contribution >= 0.6 is 11.8 Å². The van der Waals surface area contributed by atoms with Gasteiger partial charge in [-0.1, -0.05) is 17.3 Å². The first kappa shape index (κ1) is 18.1. The minimum absolute atomic E-state index is 0.145. The van der Waals surface area contributed by atoms with Crippen molar-refractivity contribution in [2.75, 3.05) is 21.3 Å². The van der Waals surface area contributed by atoms with E-state index < -0.39 is 0 Å². The SMILES string of the molecule is CO/N=C(\C)C(CC(=O)OC)Sc1ccc2cc(OC)ccc2c1. The normalized spacial score (nSPS) is 12.8. The number of ether oxygens (including phenoxy) is 2. The Morgan fingerprint density at radius 3 is 2.50 bits per heavy atom. The van der Waals surface area contributed by atoms with E-state index in [0.29, 0.717) is 0 Å². The van der Waals surface area contributed by atoms with Crippen LogP contribution in [-0.4, -0.2) is 38.3 Å². The van der Waals surface area contributed by atoms with Gasteiger partial charge < -0.3 is 14.3 Å². The summed E-state index contributed by atoms with van der Waals surface area (Å²) in [6, 6.07) is 12.1. The Kier molecular flexibility index (Phi) is 6.49. The number of carbonyl (C=O) groups excluding carboxylic acids is 1. The molecule has 128 valence electrons. The van der Waals surface area contributed by atoms with Crippen LogP contribution in [0.5, 0.6) is 5.75 Å². The van der Waals surface area contributed by atoms with Gasteiger partial charge in [0.05, 0.1) is 31.6 Å². The number of hydrogen-bond acceptors (Lipinski definition) is 6. The van der Waals surface area contributed by atoms with Crippen LogP contribution in [0.2, 0.25) is 0 Å². The van der Waals surface area contributed by atoms with E-state index in [4.69, 9.17) is 14.3 Å². The number of thioether (sulfide) groups is 1. The number of fused-ring (bicyclic) bond motifs is 1. The number of methoxy groups -OCH3 is 2. The van der Waals surface area contributed by atoms with E-state index in [0.717, 1.165) is 27.1 Å². The fourth-order valence-corrected chi connectivity index (χ4v) is 3.38. The maximum atomic E-state index is 11.7. The summed E-state index contributed by atoms with van der Waals surface area (Å²) in [5, 5.41) is 6.03. The summed E-state index contributed by atoms with van der Waals surface area (Å²) in [5.41, 5.74) is 0.739. The Morgan fingerprint density at radius 2 is 1.83 bits per heavy atom. The lowest BCUT2D eigenvalue weighted by atomic mass is 10.1. The van der Waals surface area contributed by atoms with Crippen LogP contribution in [0, 0.1) is 0 Å². The summed E-state index contributed by atoms with van der Waals surface area (Å²) in [6.45, 7) is 1.84. The van der Waals surface area contributed by atoms with E-state index in [-0.39, 0.29) is 17.6 Å². The molecule has 1 atom stereocenters. The molecule has 24 heavy (non-hydrogen) atoms. The number of benzene rings is 2. The third-order valence-corrected chi connectivity index (χ3v) is 4.90. The lowest BCUT2D eigenvalue weighted by Gasteiger charge is -2.15. The highest BCUT2D eigenvalue weighted by molar-refractivity contribution is 8.00. The largest absolute Gasteiger partial charge is 0.497 e. The first-order valence-corrected chi connectivity index (χ1v) is 8.34. The molecule has 0 spiro atoms. The monoisotopic (exact) mass is 347 g/mol. The van der Waals surface area contributed by atoms with E-state index >= 15 is 0 Å². The van der Waals surface area contributed by atoms with Crippen LogP contribution in [0.3, 0.4) is 0 Å². The molecule has 1 unspecified atom stereocenters. The van der Waals surface area contributed by atoms with Gasteiger partial charge in [0.2, 0.25) is 0 Å². The van der Waals surface area contributed by atoms with Gasteiger partial charge >= 0.3 is 5.97 Å². The zero-order valence-electron chi connectivity index (χ0n) is 14.2. The number of carbonyl (C=O) groups is 1. The van der Waals surface area contributed by atoms with E-state index in [2.05, 4.69) is 11.2 Å². The van der Waals surface area contributed by atoms with Crippen molar-refractivity contribution in [3.05, 3.63) is 36.4 Å². The smallest absolute Gasteiger partial charge is 0.307 e. The maximum absolute atomic E-state index is 11.7. The van der Waals surface area contributed by atoms with Crippen LogP contribution < -0.4 is 4.74 Å². The van der Waals surface area contributed by atoms with Crippen molar-refractivity contribution in [1.29, 1.82) is 0 Å². The van der Waals surface area contributed by atoms with Crippen LogP contribution in [-0.2, 0) is 14.4 Å². The summed E-state index contributed by atoms with van der Waals surface area (Å²) in [5.74, 6) is 0.554. The molecule has 0 heterocycles. The van der Waals surface area contributed by atoms with Crippen LogP contribution in [0.4, 0.5) is 0 Å². The molecule has 0 radical (unpaired) electrons. The molecular weight excluding hydrogens is 326 g/mol. The first-order valence-electron chi connectivity index (χ1n) is 7.46. The number of oxime groups is 1. The van der Waals surface area contributed by atoms with E-state index in [1.807, 2.05) is 37.3 Å². The molecule has 6 heteroatoms. The van der Waals surface area contributed by atoms with Gasteiger partial charge in [0, 0.05) is 4.90 Å². The van der Waals surface area contributed by atoms with Crippen molar-refractivity contribution < 1.29 is 19.1 Å². The van der Waals surface area contributed by atoms with Crippen LogP contribution in [0.25, 0.3) is 10.8 Å². The average molecular weight is 347 g/mol. The summed E-state index contributed by atoms with van der Waals surface area (Å²) >= 11 is 1.56. The minimum atomic E-state index is -0.274. The Balaban J connectivity index is 2.25. The molecule has 0 amide bonds. The molecule has 0 saturated carbocycles. The topological polar surface area (TPSA) is 57.1 Å².